The fraction of sp³-hybridized carbons (Fsp3) is 0.875. The van der Waals surface area contributed by atoms with Gasteiger partial charge >= 0.3 is 6.09 Å². The van der Waals surface area contributed by atoms with Crippen LogP contribution in [0.15, 0.2) is 0 Å². The van der Waals surface area contributed by atoms with Gasteiger partial charge in [0.05, 0.1) is 12.7 Å². The molecule has 0 aliphatic heterocycles. The van der Waals surface area contributed by atoms with E-state index < -0.39 is 12.2 Å². The molecule has 0 aliphatic rings. The zero-order valence-corrected chi connectivity index (χ0v) is 7.67. The quantitative estimate of drug-likeness (QED) is 0.610. The van der Waals surface area contributed by atoms with Crippen LogP contribution in [-0.2, 0) is 4.74 Å². The first-order valence-corrected chi connectivity index (χ1v) is 4.25. The van der Waals surface area contributed by atoms with Gasteiger partial charge < -0.3 is 15.2 Å². The standard InChI is InChI=1S/C8H17NO3/c1-3-4-5-12-8(11)9-6-7(2)10/h7,10H,3-6H2,1-2H3,(H,9,11)/t7-/m0/s1. The highest BCUT2D eigenvalue weighted by Gasteiger charge is 2.01. The van der Waals surface area contributed by atoms with Gasteiger partial charge in [0, 0.05) is 6.54 Å². The second-order valence-electron chi connectivity index (χ2n) is 2.72. The first-order chi connectivity index (χ1) is 5.66. The van der Waals surface area contributed by atoms with Crippen molar-refractivity contribution in [3.05, 3.63) is 0 Å². The molecule has 72 valence electrons. The van der Waals surface area contributed by atoms with Gasteiger partial charge in [-0.3, -0.25) is 0 Å². The van der Waals surface area contributed by atoms with Gasteiger partial charge in [-0.25, -0.2) is 4.79 Å². The molecule has 0 aromatic heterocycles. The maximum absolute atomic E-state index is 10.8. The van der Waals surface area contributed by atoms with E-state index in [0.717, 1.165) is 12.8 Å². The van der Waals surface area contributed by atoms with E-state index in [4.69, 9.17) is 9.84 Å². The summed E-state index contributed by atoms with van der Waals surface area (Å²) in [6.07, 6.45) is 0.902. The summed E-state index contributed by atoms with van der Waals surface area (Å²) in [5, 5.41) is 11.2. The molecule has 0 aromatic rings. The SMILES string of the molecule is CCCCOC(=O)NC[C@H](C)O. The van der Waals surface area contributed by atoms with Crippen LogP contribution < -0.4 is 5.32 Å². The topological polar surface area (TPSA) is 58.6 Å². The summed E-state index contributed by atoms with van der Waals surface area (Å²) in [6, 6.07) is 0. The van der Waals surface area contributed by atoms with Gasteiger partial charge in [-0.05, 0) is 13.3 Å². The Morgan fingerprint density at radius 2 is 2.33 bits per heavy atom. The van der Waals surface area contributed by atoms with Crippen LogP contribution in [0.5, 0.6) is 0 Å². The van der Waals surface area contributed by atoms with Gasteiger partial charge in [-0.15, -0.1) is 0 Å². The Bertz CT molecular complexity index is 125. The van der Waals surface area contributed by atoms with Gasteiger partial charge in [-0.1, -0.05) is 13.3 Å². The van der Waals surface area contributed by atoms with E-state index in [9.17, 15) is 4.79 Å². The van der Waals surface area contributed by atoms with Crippen LogP contribution in [0.25, 0.3) is 0 Å². The average molecular weight is 175 g/mol. The maximum Gasteiger partial charge on any atom is 0.407 e. The molecule has 1 atom stereocenters. The average Bonchev–Trinajstić information content (AvgIpc) is 2.01. The van der Waals surface area contributed by atoms with Crippen LogP contribution >= 0.6 is 0 Å². The van der Waals surface area contributed by atoms with Crippen LogP contribution in [0.3, 0.4) is 0 Å². The number of rotatable bonds is 5. The number of unbranched alkanes of at least 4 members (excludes halogenated alkanes) is 1. The summed E-state index contributed by atoms with van der Waals surface area (Å²) in [5.74, 6) is 0. The Labute approximate surface area is 72.9 Å². The van der Waals surface area contributed by atoms with Crippen LogP contribution in [0.4, 0.5) is 4.79 Å². The predicted molar refractivity (Wildman–Crippen MR) is 45.9 cm³/mol. The van der Waals surface area contributed by atoms with Gasteiger partial charge in [-0.2, -0.15) is 0 Å². The first kappa shape index (κ1) is 11.2. The Kier molecular flexibility index (Phi) is 6.47. The van der Waals surface area contributed by atoms with Crippen molar-refractivity contribution in [3.8, 4) is 0 Å². The second kappa shape index (κ2) is 6.91. The van der Waals surface area contributed by atoms with Gasteiger partial charge in [0.2, 0.25) is 0 Å². The molecule has 0 rings (SSSR count). The van der Waals surface area contributed by atoms with Gasteiger partial charge in [0.15, 0.2) is 0 Å². The molecule has 0 radical (unpaired) electrons. The van der Waals surface area contributed by atoms with E-state index in [1.165, 1.54) is 0 Å². The number of ether oxygens (including phenoxy) is 1. The molecule has 0 saturated heterocycles. The summed E-state index contributed by atoms with van der Waals surface area (Å²) in [7, 11) is 0. The van der Waals surface area contributed by atoms with Crippen molar-refractivity contribution in [2.75, 3.05) is 13.2 Å². The van der Waals surface area contributed by atoms with Crippen molar-refractivity contribution in [1.29, 1.82) is 0 Å². The van der Waals surface area contributed by atoms with Crippen LogP contribution in [0, 0.1) is 0 Å². The van der Waals surface area contributed by atoms with E-state index in [0.29, 0.717) is 6.61 Å². The van der Waals surface area contributed by atoms with Crippen molar-refractivity contribution < 1.29 is 14.6 Å². The molecule has 1 amide bonds. The lowest BCUT2D eigenvalue weighted by Crippen LogP contribution is -2.31. The summed E-state index contributed by atoms with van der Waals surface area (Å²) >= 11 is 0. The Morgan fingerprint density at radius 3 is 2.83 bits per heavy atom. The number of hydrogen-bond acceptors (Lipinski definition) is 3. The van der Waals surface area contributed by atoms with Crippen molar-refractivity contribution >= 4 is 6.09 Å². The first-order valence-electron chi connectivity index (χ1n) is 4.25. The number of nitrogens with one attached hydrogen (secondary N) is 1. The molecule has 0 aliphatic carbocycles. The molecule has 4 heteroatoms. The van der Waals surface area contributed by atoms with Crippen LogP contribution in [-0.4, -0.2) is 30.5 Å². The van der Waals surface area contributed by atoms with Crippen LogP contribution in [0.1, 0.15) is 26.7 Å². The fourth-order valence-electron chi connectivity index (χ4n) is 0.591. The number of alkyl carbamates (subject to hydrolysis) is 1. The molecule has 0 unspecified atom stereocenters. The number of aliphatic hydroxyl groups excluding tert-OH is 1. The highest BCUT2D eigenvalue weighted by Crippen LogP contribution is 1.88. The highest BCUT2D eigenvalue weighted by molar-refractivity contribution is 5.67. The summed E-state index contributed by atoms with van der Waals surface area (Å²) in [6.45, 7) is 4.32. The third-order valence-corrected chi connectivity index (χ3v) is 1.27. The van der Waals surface area contributed by atoms with E-state index >= 15 is 0 Å². The number of carbonyl (C=O) groups is 1. The molecule has 12 heavy (non-hydrogen) atoms. The lowest BCUT2D eigenvalue weighted by atomic mass is 10.4. The number of hydrogen-bond donors (Lipinski definition) is 2. The normalized spacial score (nSPS) is 12.2. The Morgan fingerprint density at radius 1 is 1.67 bits per heavy atom. The predicted octanol–water partition coefficient (Wildman–Crippen LogP) is 0.893. The molecule has 2 N–H and O–H groups in total. The number of carbonyl (C=O) groups excluding carboxylic acids is 1. The minimum absolute atomic E-state index is 0.241. The molecule has 4 nitrogen and oxygen atoms in total. The summed E-state index contributed by atoms with van der Waals surface area (Å²) < 4.78 is 4.77. The number of aliphatic hydroxyl groups is 1. The zero-order chi connectivity index (χ0) is 9.40. The zero-order valence-electron chi connectivity index (χ0n) is 7.67. The Hall–Kier alpha value is -0.770. The largest absolute Gasteiger partial charge is 0.450 e. The van der Waals surface area contributed by atoms with Gasteiger partial charge in [0.1, 0.15) is 0 Å². The van der Waals surface area contributed by atoms with Crippen LogP contribution in [0.2, 0.25) is 0 Å². The van der Waals surface area contributed by atoms with Crippen molar-refractivity contribution in [2.45, 2.75) is 32.8 Å². The van der Waals surface area contributed by atoms with E-state index in [2.05, 4.69) is 5.32 Å². The molecule has 0 saturated carbocycles. The smallest absolute Gasteiger partial charge is 0.407 e. The minimum Gasteiger partial charge on any atom is -0.450 e. The maximum atomic E-state index is 10.8. The second-order valence-corrected chi connectivity index (χ2v) is 2.72. The summed E-state index contributed by atoms with van der Waals surface area (Å²) in [5.41, 5.74) is 0. The lowest BCUT2D eigenvalue weighted by Gasteiger charge is -2.07. The molecular weight excluding hydrogens is 158 g/mol. The third kappa shape index (κ3) is 7.34. The van der Waals surface area contributed by atoms with Crippen molar-refractivity contribution in [2.24, 2.45) is 0 Å². The monoisotopic (exact) mass is 175 g/mol. The van der Waals surface area contributed by atoms with Crippen molar-refractivity contribution in [3.63, 3.8) is 0 Å². The van der Waals surface area contributed by atoms with E-state index in [1.807, 2.05) is 6.92 Å². The van der Waals surface area contributed by atoms with E-state index in [-0.39, 0.29) is 6.54 Å². The van der Waals surface area contributed by atoms with E-state index in [1.54, 1.807) is 6.92 Å². The molecule has 0 aromatic carbocycles. The highest BCUT2D eigenvalue weighted by atomic mass is 16.5. The molecule has 0 spiro atoms. The van der Waals surface area contributed by atoms with Gasteiger partial charge in [0.25, 0.3) is 0 Å². The third-order valence-electron chi connectivity index (χ3n) is 1.27. The fourth-order valence-corrected chi connectivity index (χ4v) is 0.591. The lowest BCUT2D eigenvalue weighted by molar-refractivity contribution is 0.133. The number of amides is 1. The molecular formula is C8H17NO3. The Balaban J connectivity index is 3.22. The summed E-state index contributed by atoms with van der Waals surface area (Å²) in [4.78, 5) is 10.8. The molecule has 0 fully saturated rings. The molecule has 0 heterocycles. The molecule has 0 bridgehead atoms. The minimum atomic E-state index is -0.524. The van der Waals surface area contributed by atoms with Crippen molar-refractivity contribution in [1.82, 2.24) is 5.32 Å².